The van der Waals surface area contributed by atoms with E-state index in [2.05, 4.69) is 21.7 Å². The summed E-state index contributed by atoms with van der Waals surface area (Å²) in [5, 5.41) is 28.6. The third-order valence-electron chi connectivity index (χ3n) is 2.70. The summed E-state index contributed by atoms with van der Waals surface area (Å²) in [6, 6.07) is 7.76. The van der Waals surface area contributed by atoms with E-state index in [1.807, 2.05) is 24.5 Å². The Kier molecular flexibility index (Phi) is 4.79. The number of carboxylic acids is 1. The van der Waals surface area contributed by atoms with Crippen LogP contribution >= 0.6 is 11.8 Å². The van der Waals surface area contributed by atoms with E-state index in [0.717, 1.165) is 10.6 Å². The van der Waals surface area contributed by atoms with E-state index < -0.39 is 5.97 Å². The molecule has 0 unspecified atom stereocenters. The number of rotatable bonds is 6. The second-order valence-electron chi connectivity index (χ2n) is 4.15. The fourth-order valence-electron chi connectivity index (χ4n) is 1.79. The van der Waals surface area contributed by atoms with Crippen LogP contribution in [0.3, 0.4) is 0 Å². The fraction of sp³-hybridized carbons (Fsp3) is 0.231. The molecule has 2 rings (SSSR count). The number of carboxylic acid groups (broad SMARTS) is 1. The van der Waals surface area contributed by atoms with E-state index >= 15 is 0 Å². The lowest BCUT2D eigenvalue weighted by Gasteiger charge is -2.09. The molecule has 0 aliphatic rings. The number of nitrogens with zero attached hydrogens (tertiary/aromatic N) is 4. The van der Waals surface area contributed by atoms with Crippen molar-refractivity contribution >= 4 is 23.4 Å². The molecule has 2 aromatic rings. The Morgan fingerprint density at radius 3 is 3.05 bits per heavy atom. The quantitative estimate of drug-likeness (QED) is 0.780. The second-order valence-corrected chi connectivity index (χ2v) is 5.00. The summed E-state index contributed by atoms with van der Waals surface area (Å²) in [4.78, 5) is 11.5. The zero-order chi connectivity index (χ0) is 15.2. The molecule has 0 fully saturated rings. The first-order valence-corrected chi connectivity index (χ1v) is 7.28. The van der Waals surface area contributed by atoms with Crippen LogP contribution in [0, 0.1) is 11.3 Å². The minimum Gasteiger partial charge on any atom is -0.480 e. The van der Waals surface area contributed by atoms with Crippen LogP contribution in [0.4, 0.5) is 5.69 Å². The Hall–Kier alpha value is -2.53. The first kappa shape index (κ1) is 14.9. The SMILES string of the molecule is CSc1cccc(NCc2cn(CC(=O)O)nn2)c1C#N. The van der Waals surface area contributed by atoms with Gasteiger partial charge in [0.05, 0.1) is 24.0 Å². The number of nitriles is 1. The highest BCUT2D eigenvalue weighted by atomic mass is 32.2. The smallest absolute Gasteiger partial charge is 0.325 e. The monoisotopic (exact) mass is 303 g/mol. The third-order valence-corrected chi connectivity index (χ3v) is 3.48. The van der Waals surface area contributed by atoms with Crippen molar-refractivity contribution in [2.24, 2.45) is 0 Å². The van der Waals surface area contributed by atoms with Crippen molar-refractivity contribution in [2.45, 2.75) is 18.0 Å². The number of nitrogens with one attached hydrogen (secondary N) is 1. The highest BCUT2D eigenvalue weighted by Gasteiger charge is 2.08. The van der Waals surface area contributed by atoms with Crippen LogP contribution in [0.15, 0.2) is 29.3 Å². The summed E-state index contributed by atoms with van der Waals surface area (Å²) in [7, 11) is 0. The van der Waals surface area contributed by atoms with E-state index in [9.17, 15) is 10.1 Å². The topological polar surface area (TPSA) is 104 Å². The minimum absolute atomic E-state index is 0.224. The van der Waals surface area contributed by atoms with Gasteiger partial charge in [-0.2, -0.15) is 5.26 Å². The first-order chi connectivity index (χ1) is 10.1. The van der Waals surface area contributed by atoms with E-state index in [4.69, 9.17) is 5.11 Å². The molecule has 0 amide bonds. The van der Waals surface area contributed by atoms with Gasteiger partial charge in [-0.15, -0.1) is 16.9 Å². The molecule has 0 bridgehead atoms. The van der Waals surface area contributed by atoms with Crippen LogP contribution in [0.1, 0.15) is 11.3 Å². The zero-order valence-corrected chi connectivity index (χ0v) is 12.1. The van der Waals surface area contributed by atoms with Gasteiger partial charge in [-0.25, -0.2) is 4.68 Å². The number of hydrogen-bond donors (Lipinski definition) is 2. The van der Waals surface area contributed by atoms with Gasteiger partial charge in [0.15, 0.2) is 0 Å². The summed E-state index contributed by atoms with van der Waals surface area (Å²) in [6.07, 6.45) is 3.48. The average molecular weight is 303 g/mol. The van der Waals surface area contributed by atoms with Crippen LogP contribution in [0.2, 0.25) is 0 Å². The third kappa shape index (κ3) is 3.73. The minimum atomic E-state index is -0.973. The largest absolute Gasteiger partial charge is 0.480 e. The van der Waals surface area contributed by atoms with E-state index in [-0.39, 0.29) is 6.54 Å². The van der Waals surface area contributed by atoms with E-state index in [1.54, 1.807) is 6.20 Å². The van der Waals surface area contributed by atoms with Gasteiger partial charge in [0, 0.05) is 4.90 Å². The van der Waals surface area contributed by atoms with Crippen LogP contribution in [0.5, 0.6) is 0 Å². The molecule has 0 saturated heterocycles. The predicted molar refractivity (Wildman–Crippen MR) is 77.9 cm³/mol. The molecule has 0 aliphatic heterocycles. The molecule has 7 nitrogen and oxygen atoms in total. The molecule has 1 aromatic heterocycles. The summed E-state index contributed by atoms with van der Waals surface area (Å²) in [6.45, 7) is 0.143. The number of anilines is 1. The molecular weight excluding hydrogens is 290 g/mol. The maximum Gasteiger partial charge on any atom is 0.325 e. The van der Waals surface area contributed by atoms with Crippen molar-refractivity contribution in [2.75, 3.05) is 11.6 Å². The maximum atomic E-state index is 10.6. The van der Waals surface area contributed by atoms with Gasteiger partial charge in [-0.3, -0.25) is 4.79 Å². The van der Waals surface area contributed by atoms with Crippen LogP contribution in [-0.2, 0) is 17.9 Å². The van der Waals surface area contributed by atoms with Crippen molar-refractivity contribution < 1.29 is 9.90 Å². The molecule has 2 N–H and O–H groups in total. The van der Waals surface area contributed by atoms with Gasteiger partial charge >= 0.3 is 5.97 Å². The van der Waals surface area contributed by atoms with Crippen LogP contribution < -0.4 is 5.32 Å². The van der Waals surface area contributed by atoms with Crippen molar-refractivity contribution in [1.82, 2.24) is 15.0 Å². The first-order valence-electron chi connectivity index (χ1n) is 6.06. The molecule has 0 atom stereocenters. The number of aliphatic carboxylic acids is 1. The predicted octanol–water partition coefficient (Wildman–Crippen LogP) is 1.57. The lowest BCUT2D eigenvalue weighted by atomic mass is 10.2. The Morgan fingerprint density at radius 2 is 2.38 bits per heavy atom. The standard InChI is InChI=1S/C13H13N5O2S/c1-21-12-4-2-3-11(10(12)5-14)15-6-9-7-18(17-16-9)8-13(19)20/h2-4,7,15H,6,8H2,1H3,(H,19,20). The Labute approximate surface area is 125 Å². The molecule has 21 heavy (non-hydrogen) atoms. The number of thioether (sulfide) groups is 1. The summed E-state index contributed by atoms with van der Waals surface area (Å²) in [5.41, 5.74) is 1.91. The highest BCUT2D eigenvalue weighted by molar-refractivity contribution is 7.98. The molecule has 0 aliphatic carbocycles. The zero-order valence-electron chi connectivity index (χ0n) is 11.3. The molecule has 1 heterocycles. The highest BCUT2D eigenvalue weighted by Crippen LogP contribution is 2.26. The summed E-state index contributed by atoms with van der Waals surface area (Å²) >= 11 is 1.51. The van der Waals surface area contributed by atoms with Gasteiger partial charge in [0.25, 0.3) is 0 Å². The van der Waals surface area contributed by atoms with Gasteiger partial charge in [-0.1, -0.05) is 11.3 Å². The number of aromatic nitrogens is 3. The van der Waals surface area contributed by atoms with Crippen molar-refractivity contribution in [3.63, 3.8) is 0 Å². The summed E-state index contributed by atoms with van der Waals surface area (Å²) in [5.74, 6) is -0.973. The summed E-state index contributed by atoms with van der Waals surface area (Å²) < 4.78 is 1.25. The van der Waals surface area contributed by atoms with Crippen LogP contribution in [-0.4, -0.2) is 32.3 Å². The van der Waals surface area contributed by atoms with Gasteiger partial charge < -0.3 is 10.4 Å². The Morgan fingerprint density at radius 1 is 1.57 bits per heavy atom. The van der Waals surface area contributed by atoms with Gasteiger partial charge in [0.1, 0.15) is 18.3 Å². The van der Waals surface area contributed by atoms with Crippen molar-refractivity contribution in [1.29, 1.82) is 5.26 Å². The molecule has 8 heteroatoms. The van der Waals surface area contributed by atoms with Gasteiger partial charge in [0.2, 0.25) is 0 Å². The molecule has 0 radical (unpaired) electrons. The normalized spacial score (nSPS) is 10.1. The Bertz CT molecular complexity index is 692. The van der Waals surface area contributed by atoms with Crippen molar-refractivity contribution in [3.8, 4) is 6.07 Å². The molecule has 0 saturated carbocycles. The lowest BCUT2D eigenvalue weighted by Crippen LogP contribution is -2.09. The van der Waals surface area contributed by atoms with E-state index in [0.29, 0.717) is 17.8 Å². The maximum absolute atomic E-state index is 10.6. The molecule has 108 valence electrons. The fourth-order valence-corrected chi connectivity index (χ4v) is 2.36. The Balaban J connectivity index is 2.08. The van der Waals surface area contributed by atoms with Crippen molar-refractivity contribution in [3.05, 3.63) is 35.7 Å². The van der Waals surface area contributed by atoms with E-state index in [1.165, 1.54) is 16.4 Å². The number of hydrogen-bond acceptors (Lipinski definition) is 6. The molecule has 1 aromatic carbocycles. The number of carbonyl (C=O) groups is 1. The van der Waals surface area contributed by atoms with Gasteiger partial charge in [-0.05, 0) is 18.4 Å². The molecular formula is C13H13N5O2S. The average Bonchev–Trinajstić information content (AvgIpc) is 2.91. The second kappa shape index (κ2) is 6.76. The lowest BCUT2D eigenvalue weighted by molar-refractivity contribution is -0.137. The van der Waals surface area contributed by atoms with Crippen LogP contribution in [0.25, 0.3) is 0 Å². The molecule has 0 spiro atoms. The number of benzene rings is 1.